The number of halogens is 2. The maximum Gasteiger partial charge on any atom is 1.00 e. The van der Waals surface area contributed by atoms with Gasteiger partial charge < -0.3 is 61.8 Å². The van der Waals surface area contributed by atoms with Crippen LogP contribution in [-0.2, 0) is 48.0 Å². The number of rotatable bonds is 20. The number of thioether (sulfide) groups is 4. The van der Waals surface area contributed by atoms with Gasteiger partial charge in [0.2, 0.25) is 13.2 Å². The van der Waals surface area contributed by atoms with Crippen molar-refractivity contribution in [3.05, 3.63) is 125 Å². The summed E-state index contributed by atoms with van der Waals surface area (Å²) < 4.78 is 29.3. The number of aliphatic carboxylic acids is 4. The van der Waals surface area contributed by atoms with Gasteiger partial charge in [-0.15, -0.1) is 92.4 Å². The van der Waals surface area contributed by atoms with E-state index < -0.39 is 107 Å². The number of carbonyl (C=O) groups is 8. The van der Waals surface area contributed by atoms with Crippen LogP contribution in [0, 0.1) is 11.6 Å². The minimum atomic E-state index is -1.58. The van der Waals surface area contributed by atoms with Crippen molar-refractivity contribution in [2.24, 2.45) is 10.3 Å². The third kappa shape index (κ3) is 15.3. The number of nitrogen functional groups attached to an aromatic ring is 2. The Bertz CT molecular complexity index is 3780. The van der Waals surface area contributed by atoms with Gasteiger partial charge >= 0.3 is 71.1 Å². The predicted octanol–water partition coefficient (Wildman–Crippen LogP) is -5.11. The standard InChI is InChI=1S/2C24H18FN5O8S4.2Na/c2*25-10-1-2-11-13(31)4-16(42-14(11)3-10)39-6-9-7-40-22-18(21(35)30(22)19(9)23(36)37)28-20(34)17(29-38-5-15(32)33)12-8-41-24(26)27-12;;/h2*1-4,8,18,22H,5-7H2,(H2,26,27)(H,28,34)(H,32,33)(H,36,37);;/q;;2*+1/p-2/b2*29-17-;;/t2*18-,22-;;/m11../s1. The normalized spacial score (nSPS) is 18.0. The van der Waals surface area contributed by atoms with Crippen LogP contribution in [0.25, 0.3) is 20.2 Å². The van der Waals surface area contributed by atoms with E-state index in [4.69, 9.17) is 21.7 Å². The minimum absolute atomic E-state index is 0. The van der Waals surface area contributed by atoms with Crippen LogP contribution in [0.4, 0.5) is 19.0 Å². The Hall–Kier alpha value is -6.00. The average molecular weight is 1350 g/mol. The molecular weight excluding hydrogens is 1310 g/mol. The Labute approximate surface area is 557 Å². The summed E-state index contributed by atoms with van der Waals surface area (Å²) in [7, 11) is 0. The van der Waals surface area contributed by atoms with Crippen LogP contribution in [0.15, 0.2) is 110 Å². The molecule has 436 valence electrons. The molecule has 0 saturated carbocycles. The zero-order valence-corrected chi connectivity index (χ0v) is 54.3. The number of nitrogens with two attached hydrogens (primary N) is 2. The summed E-state index contributed by atoms with van der Waals surface area (Å²) in [5.41, 5.74) is 9.89. The first-order valence-electron chi connectivity index (χ1n) is 23.4. The number of carboxylic acid groups (broad SMARTS) is 4. The van der Waals surface area contributed by atoms with E-state index in [1.807, 2.05) is 0 Å². The second kappa shape index (κ2) is 29.3. The molecule has 2 aromatic carbocycles. The summed E-state index contributed by atoms with van der Waals surface area (Å²) in [6.45, 7) is -1.67. The van der Waals surface area contributed by atoms with Gasteiger partial charge in [-0.1, -0.05) is 10.3 Å². The molecule has 4 atom stereocenters. The molecule has 26 nitrogen and oxygen atoms in total. The third-order valence-corrected chi connectivity index (χ3v) is 20.6. The number of amides is 4. The smallest absolute Gasteiger partial charge is 0.543 e. The molecular formula is C48H34F2N10Na2O16S8. The van der Waals surface area contributed by atoms with Gasteiger partial charge in [0.1, 0.15) is 45.9 Å². The molecule has 2 fully saturated rings. The molecule has 38 heteroatoms. The molecule has 10 rings (SSSR count). The van der Waals surface area contributed by atoms with Crippen molar-refractivity contribution >= 4 is 182 Å². The van der Waals surface area contributed by atoms with E-state index in [9.17, 15) is 66.9 Å². The number of β-lactam (4-membered cyclic amide) rings is 2. The van der Waals surface area contributed by atoms with Crippen molar-refractivity contribution < 1.29 is 136 Å². The summed E-state index contributed by atoms with van der Waals surface area (Å²) in [5.74, 6) is -9.46. The zero-order valence-electron chi connectivity index (χ0n) is 43.8. The van der Waals surface area contributed by atoms with Crippen LogP contribution in [-0.4, -0.2) is 148 Å². The molecule has 4 amide bonds. The van der Waals surface area contributed by atoms with E-state index in [0.717, 1.165) is 32.5 Å². The Kier molecular flexibility index (Phi) is 23.0. The zero-order chi connectivity index (χ0) is 60.3. The maximum atomic E-state index is 13.7. The van der Waals surface area contributed by atoms with Gasteiger partial charge in [0.05, 0.1) is 31.8 Å². The number of nitrogens with zero attached hydrogens (tertiary/aromatic N) is 6. The molecule has 0 radical (unpaired) electrons. The Balaban J connectivity index is 0.000000240. The van der Waals surface area contributed by atoms with Crippen LogP contribution in [0.1, 0.15) is 11.4 Å². The fraction of sp³-hybridized carbons (Fsp3) is 0.208. The van der Waals surface area contributed by atoms with E-state index in [1.165, 1.54) is 129 Å². The monoisotopic (exact) mass is 1350 g/mol. The second-order valence-electron chi connectivity index (χ2n) is 17.3. The summed E-state index contributed by atoms with van der Waals surface area (Å²) in [5, 5.41) is 56.1. The molecule has 0 bridgehead atoms. The van der Waals surface area contributed by atoms with Crippen LogP contribution >= 0.6 is 92.4 Å². The molecule has 6 aromatic rings. The predicted molar refractivity (Wildman–Crippen MR) is 305 cm³/mol. The Morgan fingerprint density at radius 3 is 1.37 bits per heavy atom. The van der Waals surface area contributed by atoms with E-state index in [2.05, 4.69) is 40.6 Å². The van der Waals surface area contributed by atoms with Crippen molar-refractivity contribution in [2.45, 2.75) is 31.2 Å². The van der Waals surface area contributed by atoms with Gasteiger partial charge in [-0.2, -0.15) is 0 Å². The molecule has 8 N–H and O–H groups in total. The molecule has 4 aromatic heterocycles. The van der Waals surface area contributed by atoms with Gasteiger partial charge in [-0.25, -0.2) is 28.3 Å². The van der Waals surface area contributed by atoms with E-state index in [1.54, 1.807) is 0 Å². The van der Waals surface area contributed by atoms with Gasteiger partial charge in [0, 0.05) is 66.1 Å². The number of thiazole rings is 2. The first kappa shape index (κ1) is 67.5. The summed E-state index contributed by atoms with van der Waals surface area (Å²) in [6.07, 6.45) is 0. The number of hydrogen-bond donors (Lipinski definition) is 6. The number of carboxylic acids is 4. The van der Waals surface area contributed by atoms with Gasteiger partial charge in [-0.3, -0.25) is 38.6 Å². The molecule has 8 heterocycles. The molecule has 0 unspecified atom stereocenters. The van der Waals surface area contributed by atoms with Crippen molar-refractivity contribution in [3.8, 4) is 0 Å². The topological polar surface area (TPSA) is 409 Å². The maximum absolute atomic E-state index is 13.7. The van der Waals surface area contributed by atoms with E-state index >= 15 is 0 Å². The molecule has 4 aliphatic heterocycles. The second-order valence-corrected chi connectivity index (χ2v) is 26.0. The fourth-order valence-electron chi connectivity index (χ4n) is 8.16. The van der Waals surface area contributed by atoms with Crippen LogP contribution in [0.2, 0.25) is 0 Å². The number of hydrogen-bond acceptors (Lipinski definition) is 28. The third-order valence-electron chi connectivity index (χ3n) is 11.8. The molecule has 0 aliphatic carbocycles. The number of oxime groups is 2. The largest absolute Gasteiger partial charge is 1.00 e. The number of fused-ring (bicyclic) bond motifs is 4. The first-order valence-corrected chi connectivity index (χ1v) is 30.9. The molecule has 86 heavy (non-hydrogen) atoms. The van der Waals surface area contributed by atoms with Crippen LogP contribution < -0.4 is 102 Å². The number of nitrogens with one attached hydrogen (secondary N) is 2. The first-order chi connectivity index (χ1) is 40.1. The van der Waals surface area contributed by atoms with Crippen LogP contribution in [0.5, 0.6) is 0 Å². The molecule has 2 saturated heterocycles. The fourth-order valence-corrected chi connectivity index (χ4v) is 16.7. The van der Waals surface area contributed by atoms with Crippen LogP contribution in [0.3, 0.4) is 0 Å². The van der Waals surface area contributed by atoms with Gasteiger partial charge in [0.15, 0.2) is 32.5 Å². The Morgan fingerprint density at radius 2 is 1.03 bits per heavy atom. The molecule has 0 spiro atoms. The number of benzene rings is 2. The van der Waals surface area contributed by atoms with Crippen molar-refractivity contribution in [1.29, 1.82) is 0 Å². The number of anilines is 2. The van der Waals surface area contributed by atoms with Crippen molar-refractivity contribution in [3.63, 3.8) is 0 Å². The summed E-state index contributed by atoms with van der Waals surface area (Å²) in [6, 6.07) is 8.23. The Morgan fingerprint density at radius 1 is 0.651 bits per heavy atom. The molecule has 4 aliphatic rings. The van der Waals surface area contributed by atoms with Crippen molar-refractivity contribution in [2.75, 3.05) is 47.7 Å². The van der Waals surface area contributed by atoms with E-state index in [-0.39, 0.29) is 126 Å². The van der Waals surface area contributed by atoms with Gasteiger partial charge in [-0.05, 0) is 47.5 Å². The minimum Gasteiger partial charge on any atom is -0.543 e. The van der Waals surface area contributed by atoms with E-state index in [0.29, 0.717) is 39.7 Å². The quantitative estimate of drug-likeness (QED) is 0.0137. The summed E-state index contributed by atoms with van der Waals surface area (Å²) >= 11 is 9.13. The van der Waals surface area contributed by atoms with Crippen molar-refractivity contribution in [1.82, 2.24) is 30.4 Å². The number of carbonyl (C=O) groups excluding carboxylic acids is 6. The average Bonchev–Trinajstić information content (AvgIpc) is 0.838. The van der Waals surface area contributed by atoms with Gasteiger partial charge in [0.25, 0.3) is 23.6 Å². The summed E-state index contributed by atoms with van der Waals surface area (Å²) in [4.78, 5) is 142. The SMILES string of the molecule is Nc1nc(/C(=N/OCC(=O)O)C(=O)N[C@@H]2C(=O)N3C(C(=O)[O-])=C(CSc4cc(=O)c5ccc(F)cc5s4)CS[C@H]23)cs1.Nc1nc(/C(=N/OCC(=O)O)C(=O)N[C@@H]2C(=O)N3C(C(=O)[O-])=C(CSc4cc(=O)c5ccc(F)cc5s4)CS[C@H]23)cs1.[Na+].[Na+]. The number of aromatic nitrogens is 2.